The lowest BCUT2D eigenvalue weighted by atomic mass is 9.96. The van der Waals surface area contributed by atoms with Crippen molar-refractivity contribution >= 4 is 0 Å². The van der Waals surface area contributed by atoms with Crippen molar-refractivity contribution in [2.75, 3.05) is 7.05 Å². The standard InChI is InChI=1S/C11H20N2/c1-6-10(7-2)11(9(3)4)8-13(5)12/h6-9H,1,12H2,2-5H3/b10-7-,11-8-. The van der Waals surface area contributed by atoms with Gasteiger partial charge in [0.2, 0.25) is 0 Å². The zero-order valence-electron chi connectivity index (χ0n) is 9.04. The van der Waals surface area contributed by atoms with Gasteiger partial charge in [-0.3, -0.25) is 0 Å². The van der Waals surface area contributed by atoms with E-state index < -0.39 is 0 Å². The van der Waals surface area contributed by atoms with Gasteiger partial charge in [-0.1, -0.05) is 32.6 Å². The highest BCUT2D eigenvalue weighted by Crippen LogP contribution is 2.20. The lowest BCUT2D eigenvalue weighted by molar-refractivity contribution is 0.475. The van der Waals surface area contributed by atoms with Crippen LogP contribution in [0.2, 0.25) is 0 Å². The predicted molar refractivity (Wildman–Crippen MR) is 58.8 cm³/mol. The van der Waals surface area contributed by atoms with Crippen molar-refractivity contribution in [1.29, 1.82) is 0 Å². The summed E-state index contributed by atoms with van der Waals surface area (Å²) in [5.41, 5.74) is 2.36. The Morgan fingerprint density at radius 3 is 2.23 bits per heavy atom. The van der Waals surface area contributed by atoms with Gasteiger partial charge >= 0.3 is 0 Å². The van der Waals surface area contributed by atoms with E-state index in [1.807, 2.05) is 32.3 Å². The van der Waals surface area contributed by atoms with Crippen LogP contribution in [0.4, 0.5) is 0 Å². The molecule has 0 amide bonds. The Balaban J connectivity index is 4.91. The summed E-state index contributed by atoms with van der Waals surface area (Å²) >= 11 is 0. The third-order valence-corrected chi connectivity index (χ3v) is 1.83. The van der Waals surface area contributed by atoms with Crippen LogP contribution in [0.5, 0.6) is 0 Å². The fraction of sp³-hybridized carbons (Fsp3) is 0.455. The quantitative estimate of drug-likeness (QED) is 0.409. The summed E-state index contributed by atoms with van der Waals surface area (Å²) in [6, 6.07) is 0. The molecule has 0 atom stereocenters. The zero-order chi connectivity index (χ0) is 10.4. The van der Waals surface area contributed by atoms with Crippen LogP contribution in [0.25, 0.3) is 0 Å². The van der Waals surface area contributed by atoms with Gasteiger partial charge in [0, 0.05) is 13.2 Å². The molecule has 0 saturated heterocycles. The van der Waals surface area contributed by atoms with Crippen molar-refractivity contribution in [1.82, 2.24) is 5.01 Å². The van der Waals surface area contributed by atoms with E-state index in [4.69, 9.17) is 5.84 Å². The molecule has 0 rings (SSSR count). The Bertz CT molecular complexity index is 222. The second-order valence-electron chi connectivity index (χ2n) is 3.35. The van der Waals surface area contributed by atoms with Crippen LogP contribution in [0.3, 0.4) is 0 Å². The molecule has 2 nitrogen and oxygen atoms in total. The van der Waals surface area contributed by atoms with Crippen LogP contribution in [0, 0.1) is 5.92 Å². The van der Waals surface area contributed by atoms with E-state index >= 15 is 0 Å². The molecule has 2 heteroatoms. The molecule has 0 aromatic heterocycles. The number of nitrogens with two attached hydrogens (primary N) is 1. The van der Waals surface area contributed by atoms with Crippen molar-refractivity contribution in [3.63, 3.8) is 0 Å². The molecule has 0 fully saturated rings. The van der Waals surface area contributed by atoms with Crippen LogP contribution >= 0.6 is 0 Å². The maximum Gasteiger partial charge on any atom is 0.0223 e. The molecule has 0 bridgehead atoms. The summed E-state index contributed by atoms with van der Waals surface area (Å²) in [5, 5.41) is 1.57. The van der Waals surface area contributed by atoms with Gasteiger partial charge in [0.25, 0.3) is 0 Å². The summed E-state index contributed by atoms with van der Waals surface area (Å²) in [4.78, 5) is 0. The summed E-state index contributed by atoms with van der Waals surface area (Å²) in [5.74, 6) is 6.03. The van der Waals surface area contributed by atoms with Crippen molar-refractivity contribution in [2.24, 2.45) is 11.8 Å². The monoisotopic (exact) mass is 180 g/mol. The highest BCUT2D eigenvalue weighted by Gasteiger charge is 2.06. The first-order chi connectivity index (χ1) is 6.02. The van der Waals surface area contributed by atoms with E-state index in [-0.39, 0.29) is 0 Å². The Labute approximate surface area is 81.4 Å². The minimum atomic E-state index is 0.454. The highest BCUT2D eigenvalue weighted by atomic mass is 15.4. The predicted octanol–water partition coefficient (Wildman–Crippen LogP) is 2.46. The summed E-state index contributed by atoms with van der Waals surface area (Å²) < 4.78 is 0. The molecule has 0 aromatic rings. The van der Waals surface area contributed by atoms with Crippen LogP contribution < -0.4 is 5.84 Å². The van der Waals surface area contributed by atoms with Gasteiger partial charge in [0.15, 0.2) is 0 Å². The highest BCUT2D eigenvalue weighted by molar-refractivity contribution is 5.39. The number of hydrogen-bond donors (Lipinski definition) is 1. The molecular formula is C11H20N2. The number of nitrogens with zero attached hydrogens (tertiary/aromatic N) is 1. The van der Waals surface area contributed by atoms with Gasteiger partial charge in [0.1, 0.15) is 0 Å². The van der Waals surface area contributed by atoms with Gasteiger partial charge in [0.05, 0.1) is 0 Å². The summed E-state index contributed by atoms with van der Waals surface area (Å²) in [6.45, 7) is 10.1. The number of hydrogen-bond acceptors (Lipinski definition) is 2. The van der Waals surface area contributed by atoms with E-state index in [2.05, 4.69) is 20.4 Å². The topological polar surface area (TPSA) is 29.3 Å². The molecule has 0 radical (unpaired) electrons. The van der Waals surface area contributed by atoms with Crippen molar-refractivity contribution in [3.05, 3.63) is 36.1 Å². The minimum Gasteiger partial charge on any atom is -0.321 e. The molecular weight excluding hydrogens is 160 g/mol. The van der Waals surface area contributed by atoms with Gasteiger partial charge in [-0.15, -0.1) is 0 Å². The Kier molecular flexibility index (Phi) is 5.16. The maximum absolute atomic E-state index is 5.57. The third kappa shape index (κ3) is 3.95. The molecule has 0 saturated carbocycles. The van der Waals surface area contributed by atoms with Crippen LogP contribution in [0.1, 0.15) is 20.8 Å². The van der Waals surface area contributed by atoms with Crippen LogP contribution in [0.15, 0.2) is 36.1 Å². The first-order valence-electron chi connectivity index (χ1n) is 4.51. The Morgan fingerprint density at radius 2 is 2.00 bits per heavy atom. The third-order valence-electron chi connectivity index (χ3n) is 1.83. The molecule has 13 heavy (non-hydrogen) atoms. The lowest BCUT2D eigenvalue weighted by Gasteiger charge is -2.15. The maximum atomic E-state index is 5.57. The van der Waals surface area contributed by atoms with Crippen molar-refractivity contribution in [2.45, 2.75) is 20.8 Å². The second kappa shape index (κ2) is 5.60. The molecule has 2 N–H and O–H groups in total. The van der Waals surface area contributed by atoms with E-state index in [1.165, 1.54) is 5.57 Å². The molecule has 0 aliphatic carbocycles. The van der Waals surface area contributed by atoms with E-state index in [0.29, 0.717) is 5.92 Å². The molecule has 0 aromatic carbocycles. The molecule has 74 valence electrons. The first-order valence-corrected chi connectivity index (χ1v) is 4.51. The average Bonchev–Trinajstić information content (AvgIpc) is 2.04. The normalized spacial score (nSPS) is 13.4. The van der Waals surface area contributed by atoms with E-state index in [0.717, 1.165) is 5.57 Å². The van der Waals surface area contributed by atoms with Crippen molar-refractivity contribution in [3.8, 4) is 0 Å². The zero-order valence-corrected chi connectivity index (χ0v) is 9.04. The average molecular weight is 180 g/mol. The fourth-order valence-corrected chi connectivity index (χ4v) is 1.18. The first kappa shape index (κ1) is 12.0. The molecule has 0 aliphatic rings. The van der Waals surface area contributed by atoms with E-state index in [1.54, 1.807) is 5.01 Å². The molecule has 0 aliphatic heterocycles. The second-order valence-corrected chi connectivity index (χ2v) is 3.35. The van der Waals surface area contributed by atoms with Gasteiger partial charge in [-0.2, -0.15) is 0 Å². The van der Waals surface area contributed by atoms with E-state index in [9.17, 15) is 0 Å². The van der Waals surface area contributed by atoms with Gasteiger partial charge in [-0.05, 0) is 24.0 Å². The number of allylic oxidation sites excluding steroid dienone is 4. The SMILES string of the molecule is C=CC(=C/C)/C(=C\N(C)N)C(C)C. The fourth-order valence-electron chi connectivity index (χ4n) is 1.18. The molecule has 0 heterocycles. The largest absolute Gasteiger partial charge is 0.321 e. The number of rotatable bonds is 4. The Morgan fingerprint density at radius 1 is 1.46 bits per heavy atom. The number of hydrazine groups is 1. The van der Waals surface area contributed by atoms with Crippen LogP contribution in [-0.2, 0) is 0 Å². The molecule has 0 unspecified atom stereocenters. The lowest BCUT2D eigenvalue weighted by Crippen LogP contribution is -2.20. The molecule has 0 spiro atoms. The van der Waals surface area contributed by atoms with Crippen LogP contribution in [-0.4, -0.2) is 12.1 Å². The minimum absolute atomic E-state index is 0.454. The summed E-state index contributed by atoms with van der Waals surface area (Å²) in [7, 11) is 1.82. The summed E-state index contributed by atoms with van der Waals surface area (Å²) in [6.07, 6.45) is 5.83. The van der Waals surface area contributed by atoms with Gasteiger partial charge < -0.3 is 5.01 Å². The van der Waals surface area contributed by atoms with Gasteiger partial charge in [-0.25, -0.2) is 5.84 Å². The Hall–Kier alpha value is -1.02. The van der Waals surface area contributed by atoms with Crippen molar-refractivity contribution < 1.29 is 0 Å². The smallest absolute Gasteiger partial charge is 0.0223 e.